The molecule has 5 aliphatic rings. The molecule has 0 saturated carbocycles. The first kappa shape index (κ1) is 66.2. The molecule has 29 nitrogen and oxygen atoms in total. The maximum absolute atomic E-state index is 13.5. The van der Waals surface area contributed by atoms with Gasteiger partial charge in [-0.15, -0.1) is 5.06 Å². The molecule has 7 amide bonds. The summed E-state index contributed by atoms with van der Waals surface area (Å²) in [5.74, 6) is -5.49. The summed E-state index contributed by atoms with van der Waals surface area (Å²) in [7, 11) is -10.5. The number of aromatic carboxylic acids is 1. The molecule has 10 N–H and O–H groups in total. The normalized spacial score (nSPS) is 17.2. The number of urea groups is 1. The summed E-state index contributed by atoms with van der Waals surface area (Å²) in [6, 6.07) is 6.85. The van der Waals surface area contributed by atoms with E-state index in [4.69, 9.17) is 39.3 Å². The fourth-order valence-corrected chi connectivity index (χ4v) is 13.2. The molecule has 2 aromatic carbocycles. The van der Waals surface area contributed by atoms with Crippen molar-refractivity contribution in [3.05, 3.63) is 58.9 Å². The molecule has 468 valence electrons. The van der Waals surface area contributed by atoms with Gasteiger partial charge in [0.2, 0.25) is 11.8 Å². The van der Waals surface area contributed by atoms with E-state index < -0.39 is 99.6 Å². The average molecular weight is 1260 g/mol. The molecule has 3 saturated heterocycles. The largest absolute Gasteiger partial charge is 0.478 e. The van der Waals surface area contributed by atoms with Crippen LogP contribution in [-0.4, -0.2) is 190 Å². The van der Waals surface area contributed by atoms with Crippen molar-refractivity contribution in [2.45, 2.75) is 104 Å². The molecule has 0 aromatic heterocycles. The number of hydrogen-bond donors (Lipinski definition) is 9. The highest BCUT2D eigenvalue weighted by Crippen LogP contribution is 2.46. The van der Waals surface area contributed by atoms with Gasteiger partial charge in [-0.25, -0.2) is 14.4 Å². The fourth-order valence-electron chi connectivity index (χ4n) is 10.1. The fraction of sp³-hybridized carbons (Fsp3) is 0.500. The van der Waals surface area contributed by atoms with Crippen LogP contribution in [0.1, 0.15) is 91.8 Å². The van der Waals surface area contributed by atoms with E-state index >= 15 is 0 Å². The highest BCUT2D eigenvalue weighted by atomic mass is 32.2. The highest BCUT2D eigenvalue weighted by molar-refractivity contribution is 8.00. The number of carbonyl (C=O) groups is 8. The lowest BCUT2D eigenvalue weighted by Gasteiger charge is -2.26. The van der Waals surface area contributed by atoms with Crippen molar-refractivity contribution in [1.29, 1.82) is 5.41 Å². The number of nitrogens with zero attached hydrogens (tertiary/aromatic N) is 2. The molecule has 0 spiro atoms. The van der Waals surface area contributed by atoms with E-state index in [0.717, 1.165) is 49.3 Å². The van der Waals surface area contributed by atoms with E-state index in [-0.39, 0.29) is 130 Å². The van der Waals surface area contributed by atoms with E-state index in [1.54, 1.807) is 0 Å². The van der Waals surface area contributed by atoms with Gasteiger partial charge in [-0.2, -0.15) is 28.6 Å². The van der Waals surface area contributed by atoms with Gasteiger partial charge in [-0.1, -0.05) is 12.5 Å². The zero-order valence-corrected chi connectivity index (χ0v) is 49.2. The van der Waals surface area contributed by atoms with Crippen LogP contribution in [-0.2, 0) is 68.0 Å². The number of nitrogens with two attached hydrogens (primary N) is 1. The van der Waals surface area contributed by atoms with Gasteiger partial charge in [-0.05, 0) is 81.0 Å². The van der Waals surface area contributed by atoms with Crippen molar-refractivity contribution in [1.82, 2.24) is 31.2 Å². The number of hydroxylamine groups is 2. The second kappa shape index (κ2) is 30.4. The van der Waals surface area contributed by atoms with Crippen molar-refractivity contribution in [3.8, 4) is 22.5 Å². The Kier molecular flexibility index (Phi) is 23.4. The molecule has 0 unspecified atom stereocenters. The molecule has 7 rings (SSSR count). The smallest absolute Gasteiger partial charge is 0.355 e. The summed E-state index contributed by atoms with van der Waals surface area (Å²) in [5, 5.41) is 29.4. The lowest BCUT2D eigenvalue weighted by Crippen LogP contribution is -2.45. The summed E-state index contributed by atoms with van der Waals surface area (Å²) in [6.07, 6.45) is 2.76. The van der Waals surface area contributed by atoms with E-state index in [1.165, 1.54) is 18.2 Å². The van der Waals surface area contributed by atoms with Crippen molar-refractivity contribution in [2.24, 2.45) is 0 Å². The number of nitrogen functional groups attached to an aromatic ring is 1. The quantitative estimate of drug-likeness (QED) is 0.00810. The van der Waals surface area contributed by atoms with Crippen LogP contribution >= 0.6 is 11.8 Å². The van der Waals surface area contributed by atoms with E-state index in [9.17, 15) is 69.4 Å². The zero-order chi connectivity index (χ0) is 62.3. The predicted octanol–water partition coefficient (Wildman–Crippen LogP) is 2.48. The number of anilines is 1. The number of imide groups is 1. The monoisotopic (exact) mass is 1260 g/mol. The third-order valence-corrected chi connectivity index (χ3v) is 17.5. The summed E-state index contributed by atoms with van der Waals surface area (Å²) in [6.45, 7) is 4.75. The molecule has 2 aromatic rings. The van der Waals surface area contributed by atoms with Crippen molar-refractivity contribution in [3.63, 3.8) is 0 Å². The maximum Gasteiger partial charge on any atom is 0.355 e. The van der Waals surface area contributed by atoms with E-state index in [2.05, 4.69) is 21.3 Å². The number of likely N-dealkylation sites (N-methyl/N-ethyl adjacent to an activating group) is 1. The minimum Gasteiger partial charge on any atom is -0.478 e. The second-order valence-corrected chi connectivity index (χ2v) is 24.0. The predicted molar refractivity (Wildman–Crippen MR) is 305 cm³/mol. The minimum atomic E-state index is -5.27. The lowest BCUT2D eigenvalue weighted by atomic mass is 9.89. The Morgan fingerprint density at radius 3 is 2.09 bits per heavy atom. The third kappa shape index (κ3) is 17.0. The summed E-state index contributed by atoms with van der Waals surface area (Å²) in [5.41, 5.74) is 3.18. The van der Waals surface area contributed by atoms with Gasteiger partial charge in [0.15, 0.2) is 21.1 Å². The van der Waals surface area contributed by atoms with Gasteiger partial charge in [-0.3, -0.25) is 38.5 Å². The summed E-state index contributed by atoms with van der Waals surface area (Å²) >= 11 is 1.89. The number of carbonyl (C=O) groups excluding carboxylic acids is 7. The van der Waals surface area contributed by atoms with Crippen molar-refractivity contribution >= 4 is 96.2 Å². The SMILES string of the molecule is CCN1C(=O)N[C@H]2CS[C@@H](CCCCC(=O)NCCOCCOCCOCCOCCC(=O)N[C@@H](CCCCNC(=O)c3ccc(-c4c5ccc(=N)c(S(=O)(=O)O)c-5oc5c(S(=O)(=O)O)c(N)ccc45)c(C(=O)O)c3)C(=O)ON3C(=O)CCC3=O)[C@H]21. The molecule has 0 radical (unpaired) electrons. The Morgan fingerprint density at radius 2 is 1.44 bits per heavy atom. The Bertz CT molecular complexity index is 3440. The first-order valence-corrected chi connectivity index (χ1v) is 31.5. The number of hydrogen-bond acceptors (Lipinski definition) is 21. The van der Waals surface area contributed by atoms with Crippen LogP contribution in [0.4, 0.5) is 10.5 Å². The lowest BCUT2D eigenvalue weighted by molar-refractivity contribution is -0.199. The van der Waals surface area contributed by atoms with Gasteiger partial charge >= 0.3 is 18.0 Å². The molecular weight excluding hydrogens is 1190 g/mol. The minimum absolute atomic E-state index is 0.0132. The van der Waals surface area contributed by atoms with Crippen LogP contribution in [0, 0.1) is 5.41 Å². The topological polar surface area (TPSA) is 429 Å². The van der Waals surface area contributed by atoms with Crippen molar-refractivity contribution < 1.29 is 97.6 Å². The number of fused-ring (bicyclic) bond motifs is 3. The molecule has 3 fully saturated rings. The molecule has 0 bridgehead atoms. The molecule has 4 aliphatic heterocycles. The highest BCUT2D eigenvalue weighted by Gasteiger charge is 2.47. The number of carboxylic acids is 1. The van der Waals surface area contributed by atoms with Crippen LogP contribution in [0.5, 0.6) is 0 Å². The van der Waals surface area contributed by atoms with Gasteiger partial charge in [0, 0.05) is 78.4 Å². The molecule has 4 heterocycles. The van der Waals surface area contributed by atoms with Gasteiger partial charge in [0.25, 0.3) is 38.0 Å². The zero-order valence-electron chi connectivity index (χ0n) is 46.8. The standard InChI is InChI=1S/C54H68N8O21S3/c1-2-61-46-39(60-54(61)71)30-84-40(46)8-3-4-9-41(63)57-20-22-79-24-26-81-28-27-80-25-23-78-21-18-42(64)59-38(53(70)83-62-43(65)16-17-44(62)66)7-5-6-19-58-51(67)31-10-11-32(35(29-31)52(68)69)45-33-12-14-36(55)49(85(72,73)74)47(33)82-48-34(45)13-15-37(56)50(48)86(75,76)77/h10-15,29,38-40,46,55H,2-9,16-28,30,56H2,1H3,(H,57,63)(H,58,67)(H,59,64)(H,60,71)(H,68,69)(H,72,73,74)(H,75,76,77)/t38-,39-,40-,46-/m0/s1. The number of amides is 7. The van der Waals surface area contributed by atoms with Gasteiger partial charge < -0.3 is 65.2 Å². The van der Waals surface area contributed by atoms with Gasteiger partial charge in [0.1, 0.15) is 6.04 Å². The molecular formula is C54H68N8O21S3. The number of thioether (sulfide) groups is 1. The second-order valence-electron chi connectivity index (χ2n) is 20.0. The number of ether oxygens (including phenoxy) is 4. The Morgan fingerprint density at radius 1 is 0.791 bits per heavy atom. The first-order valence-electron chi connectivity index (χ1n) is 27.6. The Balaban J connectivity index is 0.811. The van der Waals surface area contributed by atoms with Crippen LogP contribution in [0.2, 0.25) is 0 Å². The van der Waals surface area contributed by atoms with Gasteiger partial charge in [0.05, 0.1) is 81.5 Å². The van der Waals surface area contributed by atoms with E-state index in [1.807, 2.05) is 23.6 Å². The Labute approximate surface area is 497 Å². The summed E-state index contributed by atoms with van der Waals surface area (Å²) < 4.78 is 98.2. The van der Waals surface area contributed by atoms with Crippen LogP contribution in [0.25, 0.3) is 33.4 Å². The molecule has 32 heteroatoms. The maximum atomic E-state index is 13.5. The molecule has 1 aliphatic carbocycles. The first-order chi connectivity index (χ1) is 41.0. The van der Waals surface area contributed by atoms with Crippen LogP contribution in [0.15, 0.2) is 56.7 Å². The van der Waals surface area contributed by atoms with Crippen LogP contribution < -0.4 is 32.4 Å². The van der Waals surface area contributed by atoms with Crippen molar-refractivity contribution in [2.75, 3.05) is 84.0 Å². The number of unbranched alkanes of at least 4 members (excludes halogenated alkanes) is 2. The Hall–Kier alpha value is -7.30. The third-order valence-electron chi connectivity index (χ3n) is 14.2. The number of benzene rings is 3. The molecule has 86 heavy (non-hydrogen) atoms. The number of nitrogens with one attached hydrogen (secondary N) is 5. The number of carboxylic acid groups (broad SMARTS) is 1. The number of rotatable bonds is 34. The van der Waals surface area contributed by atoms with E-state index in [0.29, 0.717) is 49.6 Å². The molecule has 4 atom stereocenters. The average Bonchev–Trinajstić information content (AvgIpc) is 0.981. The summed E-state index contributed by atoms with van der Waals surface area (Å²) in [4.78, 5) is 106. The van der Waals surface area contributed by atoms with Crippen LogP contribution in [0.3, 0.4) is 0 Å².